The summed E-state index contributed by atoms with van der Waals surface area (Å²) in [6.45, 7) is 11.7. The molecule has 0 radical (unpaired) electrons. The van der Waals surface area contributed by atoms with Crippen molar-refractivity contribution in [2.75, 3.05) is 7.05 Å². The van der Waals surface area contributed by atoms with E-state index in [1.807, 2.05) is 47.6 Å². The highest BCUT2D eigenvalue weighted by atomic mass is 32.2. The summed E-state index contributed by atoms with van der Waals surface area (Å²) in [5, 5.41) is 0. The van der Waals surface area contributed by atoms with Gasteiger partial charge in [0.25, 0.3) is 0 Å². The molecule has 2 rings (SSSR count). The van der Waals surface area contributed by atoms with Gasteiger partial charge in [0.05, 0.1) is 16.1 Å². The third-order valence-corrected chi connectivity index (χ3v) is 7.34. The van der Waals surface area contributed by atoms with Crippen molar-refractivity contribution in [2.45, 2.75) is 70.1 Å². The molecule has 7 heteroatoms. The van der Waals surface area contributed by atoms with Crippen molar-refractivity contribution in [3.63, 3.8) is 0 Å². The van der Waals surface area contributed by atoms with Gasteiger partial charge >= 0.3 is 7.12 Å². The Morgan fingerprint density at radius 2 is 1.62 bits per heavy atom. The van der Waals surface area contributed by atoms with Crippen molar-refractivity contribution in [2.24, 2.45) is 0 Å². The average molecular weight is 353 g/mol. The molecule has 0 amide bonds. The van der Waals surface area contributed by atoms with E-state index < -0.39 is 28.3 Å². The van der Waals surface area contributed by atoms with Crippen molar-refractivity contribution in [1.82, 2.24) is 4.31 Å². The second-order valence-electron chi connectivity index (χ2n) is 7.40. The van der Waals surface area contributed by atoms with Crippen LogP contribution in [-0.4, -0.2) is 44.1 Å². The molecule has 0 saturated carbocycles. The van der Waals surface area contributed by atoms with E-state index in [1.54, 1.807) is 25.2 Å². The molecule has 1 saturated heterocycles. The molecule has 1 aromatic carbocycles. The fraction of sp³-hybridized carbons (Fsp3) is 0.647. The van der Waals surface area contributed by atoms with E-state index in [1.165, 1.54) is 4.31 Å². The molecular formula is C17H28BNO4S. The van der Waals surface area contributed by atoms with Gasteiger partial charge in [-0.25, -0.2) is 8.42 Å². The van der Waals surface area contributed by atoms with Gasteiger partial charge in [0.15, 0.2) is 0 Å². The highest BCUT2D eigenvalue weighted by molar-refractivity contribution is 7.89. The first kappa shape index (κ1) is 19.4. The fourth-order valence-corrected chi connectivity index (χ4v) is 4.18. The van der Waals surface area contributed by atoms with Crippen LogP contribution in [0.5, 0.6) is 0 Å². The molecule has 134 valence electrons. The third-order valence-electron chi connectivity index (χ3n) is 5.29. The van der Waals surface area contributed by atoms with E-state index in [4.69, 9.17) is 9.31 Å². The average Bonchev–Trinajstić information content (AvgIpc) is 2.73. The molecule has 1 aliphatic heterocycles. The number of rotatable bonds is 5. The topological polar surface area (TPSA) is 55.8 Å². The maximum absolute atomic E-state index is 13.0. The number of sulfonamides is 1. The van der Waals surface area contributed by atoms with Gasteiger partial charge in [0.2, 0.25) is 10.0 Å². The molecular weight excluding hydrogens is 325 g/mol. The van der Waals surface area contributed by atoms with E-state index in [0.717, 1.165) is 6.42 Å². The third kappa shape index (κ3) is 3.27. The predicted octanol–water partition coefficient (Wildman–Crippen LogP) is 2.40. The Morgan fingerprint density at radius 1 is 1.12 bits per heavy atom. The molecule has 5 nitrogen and oxygen atoms in total. The lowest BCUT2D eigenvalue weighted by Crippen LogP contribution is -2.42. The van der Waals surface area contributed by atoms with Crippen LogP contribution in [0, 0.1) is 0 Å². The van der Waals surface area contributed by atoms with Crippen LogP contribution in [0.15, 0.2) is 29.2 Å². The van der Waals surface area contributed by atoms with Gasteiger partial charge in [-0.3, -0.25) is 0 Å². The Morgan fingerprint density at radius 3 is 2.12 bits per heavy atom. The standard InChI is InChI=1S/C17H28BNO4S/c1-8-13(2)19(7)24(20,21)15-12-10-9-11-14(15)18-22-16(3,4)17(5,6)23-18/h9-13H,8H2,1-7H3. The van der Waals surface area contributed by atoms with Gasteiger partial charge in [-0.1, -0.05) is 25.1 Å². The van der Waals surface area contributed by atoms with Gasteiger partial charge in [-0.2, -0.15) is 4.31 Å². The van der Waals surface area contributed by atoms with E-state index in [2.05, 4.69) is 0 Å². The summed E-state index contributed by atoms with van der Waals surface area (Å²) in [4.78, 5) is 0.242. The number of hydrogen-bond donors (Lipinski definition) is 0. The molecule has 0 spiro atoms. The number of benzene rings is 1. The molecule has 0 aliphatic carbocycles. The van der Waals surface area contributed by atoms with Gasteiger partial charge in [-0.05, 0) is 47.1 Å². The minimum atomic E-state index is -3.62. The summed E-state index contributed by atoms with van der Waals surface area (Å²) in [5.74, 6) is 0. The van der Waals surface area contributed by atoms with Crippen LogP contribution in [-0.2, 0) is 19.3 Å². The van der Waals surface area contributed by atoms with Crippen LogP contribution in [0.3, 0.4) is 0 Å². The predicted molar refractivity (Wildman–Crippen MR) is 96.9 cm³/mol. The SMILES string of the molecule is CCC(C)N(C)S(=O)(=O)c1ccccc1B1OC(C)(C)C(C)(C)O1. The van der Waals surface area contributed by atoms with Crippen molar-refractivity contribution in [3.8, 4) is 0 Å². The molecule has 1 fully saturated rings. The lowest BCUT2D eigenvalue weighted by molar-refractivity contribution is 0.00578. The van der Waals surface area contributed by atoms with Crippen LogP contribution >= 0.6 is 0 Å². The molecule has 1 heterocycles. The highest BCUT2D eigenvalue weighted by Crippen LogP contribution is 2.37. The Kier molecular flexibility index (Phi) is 5.22. The molecule has 1 unspecified atom stereocenters. The molecule has 24 heavy (non-hydrogen) atoms. The summed E-state index contributed by atoms with van der Waals surface area (Å²) >= 11 is 0. The van der Waals surface area contributed by atoms with Crippen molar-refractivity contribution in [1.29, 1.82) is 0 Å². The summed E-state index contributed by atoms with van der Waals surface area (Å²) in [7, 11) is -2.71. The summed E-state index contributed by atoms with van der Waals surface area (Å²) in [5.41, 5.74) is -0.486. The zero-order valence-corrected chi connectivity index (χ0v) is 16.5. The fourth-order valence-electron chi connectivity index (χ4n) is 2.53. The summed E-state index contributed by atoms with van der Waals surface area (Å²) in [6, 6.07) is 6.84. The lowest BCUT2D eigenvalue weighted by atomic mass is 9.79. The number of nitrogens with zero attached hydrogens (tertiary/aromatic N) is 1. The normalized spacial score (nSPS) is 21.2. The Hall–Kier alpha value is -0.885. The molecule has 1 aliphatic rings. The van der Waals surface area contributed by atoms with E-state index >= 15 is 0 Å². The van der Waals surface area contributed by atoms with Gasteiger partial charge in [0, 0.05) is 18.6 Å². The summed E-state index contributed by atoms with van der Waals surface area (Å²) in [6.07, 6.45) is 0.744. The molecule has 0 bridgehead atoms. The van der Waals surface area contributed by atoms with Gasteiger partial charge in [-0.15, -0.1) is 0 Å². The maximum Gasteiger partial charge on any atom is 0.496 e. The zero-order chi connectivity index (χ0) is 18.3. The van der Waals surface area contributed by atoms with Crippen molar-refractivity contribution >= 4 is 22.6 Å². The Labute approximate surface area is 146 Å². The van der Waals surface area contributed by atoms with Crippen molar-refractivity contribution in [3.05, 3.63) is 24.3 Å². The van der Waals surface area contributed by atoms with Crippen molar-refractivity contribution < 1.29 is 17.7 Å². The minimum Gasteiger partial charge on any atom is -0.399 e. The van der Waals surface area contributed by atoms with Crippen LogP contribution < -0.4 is 5.46 Å². The van der Waals surface area contributed by atoms with E-state index in [0.29, 0.717) is 5.46 Å². The smallest absolute Gasteiger partial charge is 0.399 e. The monoisotopic (exact) mass is 353 g/mol. The number of hydrogen-bond acceptors (Lipinski definition) is 4. The van der Waals surface area contributed by atoms with Gasteiger partial charge < -0.3 is 9.31 Å². The maximum atomic E-state index is 13.0. The largest absolute Gasteiger partial charge is 0.496 e. The van der Waals surface area contributed by atoms with Crippen LogP contribution in [0.2, 0.25) is 0 Å². The Bertz CT molecular complexity index is 686. The van der Waals surface area contributed by atoms with Crippen LogP contribution in [0.4, 0.5) is 0 Å². The summed E-state index contributed by atoms with van der Waals surface area (Å²) < 4.78 is 39.6. The van der Waals surface area contributed by atoms with Gasteiger partial charge in [0.1, 0.15) is 0 Å². The molecule has 0 N–H and O–H groups in total. The van der Waals surface area contributed by atoms with E-state index in [-0.39, 0.29) is 10.9 Å². The zero-order valence-electron chi connectivity index (χ0n) is 15.7. The van der Waals surface area contributed by atoms with Crippen LogP contribution in [0.1, 0.15) is 48.0 Å². The molecule has 1 aromatic rings. The first-order chi connectivity index (χ1) is 10.9. The second kappa shape index (κ2) is 6.44. The second-order valence-corrected chi connectivity index (χ2v) is 9.37. The molecule has 0 aromatic heterocycles. The first-order valence-electron chi connectivity index (χ1n) is 8.36. The van der Waals surface area contributed by atoms with E-state index in [9.17, 15) is 8.42 Å². The lowest BCUT2D eigenvalue weighted by Gasteiger charge is -2.32. The first-order valence-corrected chi connectivity index (χ1v) is 9.80. The minimum absolute atomic E-state index is 0.0821. The Balaban J connectivity index is 2.47. The molecule has 1 atom stereocenters. The van der Waals surface area contributed by atoms with Crippen LogP contribution in [0.25, 0.3) is 0 Å². The highest BCUT2D eigenvalue weighted by Gasteiger charge is 2.52. The quantitative estimate of drug-likeness (QED) is 0.763.